The van der Waals surface area contributed by atoms with E-state index in [0.717, 1.165) is 11.2 Å². The molecule has 0 spiro atoms. The molecule has 3 heteroatoms. The van der Waals surface area contributed by atoms with Gasteiger partial charge in [-0.2, -0.15) is 0 Å². The number of thiophene rings is 1. The predicted molar refractivity (Wildman–Crippen MR) is 74.6 cm³/mol. The van der Waals surface area contributed by atoms with Gasteiger partial charge in [-0.3, -0.25) is 0 Å². The lowest BCUT2D eigenvalue weighted by Gasteiger charge is -2.35. The van der Waals surface area contributed by atoms with Crippen LogP contribution in [0.25, 0.3) is 0 Å². The average Bonchev–Trinajstić information content (AvgIpc) is 2.83. The first-order chi connectivity index (χ1) is 7.74. The maximum absolute atomic E-state index is 2.58. The third-order valence-corrected chi connectivity index (χ3v) is 5.73. The molecule has 2 aliphatic rings. The van der Waals surface area contributed by atoms with Gasteiger partial charge >= 0.3 is 0 Å². The second-order valence-electron chi connectivity index (χ2n) is 4.70. The lowest BCUT2D eigenvalue weighted by molar-refractivity contribution is 0.505. The minimum absolute atomic E-state index is 0.776. The molecule has 2 unspecified atom stereocenters. The largest absolute Gasteiger partial charge is 0.370 e. The summed E-state index contributed by atoms with van der Waals surface area (Å²) >= 11 is 3.95. The molecule has 0 radical (unpaired) electrons. The van der Waals surface area contributed by atoms with Crippen molar-refractivity contribution in [2.75, 3.05) is 18.0 Å². The summed E-state index contributed by atoms with van der Waals surface area (Å²) in [5.41, 5.74) is 1.48. The fourth-order valence-electron chi connectivity index (χ4n) is 2.71. The van der Waals surface area contributed by atoms with E-state index in [1.165, 1.54) is 35.0 Å². The molecule has 3 rings (SSSR count). The van der Waals surface area contributed by atoms with Gasteiger partial charge in [0, 0.05) is 34.0 Å². The van der Waals surface area contributed by atoms with E-state index in [0.29, 0.717) is 0 Å². The van der Waals surface area contributed by atoms with Crippen molar-refractivity contribution in [2.24, 2.45) is 5.92 Å². The Morgan fingerprint density at radius 1 is 1.38 bits per heavy atom. The molecule has 86 valence electrons. The molecular formula is C13H17NS2. The highest BCUT2D eigenvalue weighted by molar-refractivity contribution is 8.03. The number of aryl methyl sites for hydroxylation is 2. The van der Waals surface area contributed by atoms with Crippen molar-refractivity contribution in [3.8, 4) is 0 Å². The number of fused-ring (bicyclic) bond motifs is 1. The van der Waals surface area contributed by atoms with Gasteiger partial charge < -0.3 is 4.90 Å². The lowest BCUT2D eigenvalue weighted by Crippen LogP contribution is -2.40. The van der Waals surface area contributed by atoms with Crippen molar-refractivity contribution in [2.45, 2.75) is 25.5 Å². The highest BCUT2D eigenvalue weighted by Crippen LogP contribution is 2.39. The molecule has 0 saturated carbocycles. The monoisotopic (exact) mass is 251 g/mol. The fraction of sp³-hybridized carbons (Fsp3) is 0.538. The smallest absolute Gasteiger partial charge is 0.0507 e. The molecule has 1 aromatic heterocycles. The Hall–Kier alpha value is -0.410. The molecule has 1 nitrogen and oxygen atoms in total. The molecule has 1 saturated heterocycles. The topological polar surface area (TPSA) is 3.24 Å². The molecule has 1 fully saturated rings. The number of rotatable bonds is 1. The van der Waals surface area contributed by atoms with Crippen molar-refractivity contribution >= 4 is 28.8 Å². The van der Waals surface area contributed by atoms with Crippen LogP contribution in [0, 0.1) is 19.8 Å². The van der Waals surface area contributed by atoms with Crippen molar-refractivity contribution < 1.29 is 0 Å². The van der Waals surface area contributed by atoms with Crippen LogP contribution < -0.4 is 4.90 Å². The maximum atomic E-state index is 2.58. The number of piperidine rings is 1. The normalized spacial score (nSPS) is 28.5. The first-order valence-corrected chi connectivity index (χ1v) is 7.64. The van der Waals surface area contributed by atoms with E-state index in [4.69, 9.17) is 0 Å². The van der Waals surface area contributed by atoms with Crippen LogP contribution >= 0.6 is 23.1 Å². The Morgan fingerprint density at radius 3 is 3.00 bits per heavy atom. The molecule has 16 heavy (non-hydrogen) atoms. The van der Waals surface area contributed by atoms with Crippen LogP contribution in [0.3, 0.4) is 0 Å². The Kier molecular flexibility index (Phi) is 2.76. The SMILES string of the molecule is Cc1cc(N2CCC3SC=CC3C2)c(C)s1. The Labute approximate surface area is 106 Å². The zero-order valence-electron chi connectivity index (χ0n) is 9.77. The van der Waals surface area contributed by atoms with E-state index in [2.05, 4.69) is 36.3 Å². The first kappa shape index (κ1) is 10.7. The van der Waals surface area contributed by atoms with Gasteiger partial charge in [0.15, 0.2) is 0 Å². The minimum atomic E-state index is 0.776. The van der Waals surface area contributed by atoms with E-state index < -0.39 is 0 Å². The van der Waals surface area contributed by atoms with Crippen molar-refractivity contribution in [1.82, 2.24) is 0 Å². The van der Waals surface area contributed by atoms with Crippen LogP contribution in [-0.4, -0.2) is 18.3 Å². The molecule has 0 aliphatic carbocycles. The molecule has 0 bridgehead atoms. The third kappa shape index (κ3) is 1.80. The third-order valence-electron chi connectivity index (χ3n) is 3.53. The highest BCUT2D eigenvalue weighted by Gasteiger charge is 2.31. The molecule has 2 atom stereocenters. The van der Waals surface area contributed by atoms with Crippen molar-refractivity contribution in [3.63, 3.8) is 0 Å². The van der Waals surface area contributed by atoms with Gasteiger partial charge in [0.2, 0.25) is 0 Å². The average molecular weight is 251 g/mol. The number of hydrogen-bond acceptors (Lipinski definition) is 3. The summed E-state index contributed by atoms with van der Waals surface area (Å²) in [5, 5.41) is 3.15. The predicted octanol–water partition coefficient (Wildman–Crippen LogP) is 3.82. The Bertz CT molecular complexity index is 422. The summed E-state index contributed by atoms with van der Waals surface area (Å²) < 4.78 is 0. The number of thioether (sulfide) groups is 1. The molecule has 3 heterocycles. The number of nitrogens with zero attached hydrogens (tertiary/aromatic N) is 1. The Morgan fingerprint density at radius 2 is 2.25 bits per heavy atom. The first-order valence-electron chi connectivity index (χ1n) is 5.88. The standard InChI is InChI=1S/C13H17NS2/c1-9-7-12(10(2)16-9)14-5-3-13-11(8-14)4-6-15-13/h4,6-7,11,13H,3,5,8H2,1-2H3. The van der Waals surface area contributed by atoms with Crippen LogP contribution in [-0.2, 0) is 0 Å². The van der Waals surface area contributed by atoms with Gasteiger partial charge in [-0.25, -0.2) is 0 Å². The van der Waals surface area contributed by atoms with Gasteiger partial charge in [-0.15, -0.1) is 23.1 Å². The van der Waals surface area contributed by atoms with E-state index in [1.54, 1.807) is 0 Å². The van der Waals surface area contributed by atoms with E-state index in [-0.39, 0.29) is 0 Å². The summed E-state index contributed by atoms with van der Waals surface area (Å²) in [4.78, 5) is 5.49. The number of anilines is 1. The van der Waals surface area contributed by atoms with Crippen LogP contribution in [0.15, 0.2) is 17.6 Å². The summed E-state index contributed by atoms with van der Waals surface area (Å²) in [5.74, 6) is 0.776. The van der Waals surface area contributed by atoms with Gasteiger partial charge in [0.1, 0.15) is 0 Å². The van der Waals surface area contributed by atoms with Crippen molar-refractivity contribution in [3.05, 3.63) is 27.3 Å². The summed E-state index contributed by atoms with van der Waals surface area (Å²) in [6.45, 7) is 6.90. The fourth-order valence-corrected chi connectivity index (χ4v) is 4.77. The van der Waals surface area contributed by atoms with Gasteiger partial charge in [-0.05, 0) is 31.7 Å². The summed E-state index contributed by atoms with van der Waals surface area (Å²) in [6, 6.07) is 2.35. The minimum Gasteiger partial charge on any atom is -0.370 e. The highest BCUT2D eigenvalue weighted by atomic mass is 32.2. The molecule has 0 aromatic carbocycles. The maximum Gasteiger partial charge on any atom is 0.0507 e. The van der Waals surface area contributed by atoms with Crippen LogP contribution in [0.5, 0.6) is 0 Å². The van der Waals surface area contributed by atoms with Crippen molar-refractivity contribution in [1.29, 1.82) is 0 Å². The molecular weight excluding hydrogens is 234 g/mol. The Balaban J connectivity index is 1.81. The zero-order chi connectivity index (χ0) is 11.1. The van der Waals surface area contributed by atoms with Gasteiger partial charge in [-0.1, -0.05) is 6.08 Å². The van der Waals surface area contributed by atoms with E-state index >= 15 is 0 Å². The molecule has 0 amide bonds. The van der Waals surface area contributed by atoms with Gasteiger partial charge in [0.25, 0.3) is 0 Å². The number of hydrogen-bond donors (Lipinski definition) is 0. The van der Waals surface area contributed by atoms with Gasteiger partial charge in [0.05, 0.1) is 5.69 Å². The zero-order valence-corrected chi connectivity index (χ0v) is 11.4. The van der Waals surface area contributed by atoms with E-state index in [9.17, 15) is 0 Å². The summed E-state index contributed by atoms with van der Waals surface area (Å²) in [7, 11) is 0. The van der Waals surface area contributed by atoms with Crippen LogP contribution in [0.4, 0.5) is 5.69 Å². The van der Waals surface area contributed by atoms with Crippen LogP contribution in [0.2, 0.25) is 0 Å². The lowest BCUT2D eigenvalue weighted by atomic mass is 9.97. The summed E-state index contributed by atoms with van der Waals surface area (Å²) in [6.07, 6.45) is 3.73. The van der Waals surface area contributed by atoms with E-state index in [1.807, 2.05) is 23.1 Å². The van der Waals surface area contributed by atoms with Crippen LogP contribution in [0.1, 0.15) is 16.2 Å². The molecule has 1 aromatic rings. The quantitative estimate of drug-likeness (QED) is 0.746. The molecule has 2 aliphatic heterocycles. The molecule has 0 N–H and O–H groups in total. The second kappa shape index (κ2) is 4.11. The second-order valence-corrected chi connectivity index (χ2v) is 7.31.